The number of halogens is 1. The first-order valence-corrected chi connectivity index (χ1v) is 11.8. The third kappa shape index (κ3) is 4.70. The number of nitrogens with one attached hydrogen (secondary N) is 3. The monoisotopic (exact) mass is 489 g/mol. The molecule has 3 heterocycles. The second kappa shape index (κ2) is 9.87. The number of anilines is 1. The number of ether oxygens (including phenoxy) is 2. The summed E-state index contributed by atoms with van der Waals surface area (Å²) in [4.78, 5) is 17.0. The highest BCUT2D eigenvalue weighted by molar-refractivity contribution is 6.03. The molecule has 186 valence electrons. The molecule has 2 aromatic carbocycles. The van der Waals surface area contributed by atoms with E-state index in [1.807, 2.05) is 36.1 Å². The predicted octanol–water partition coefficient (Wildman–Crippen LogP) is 4.81. The van der Waals surface area contributed by atoms with E-state index in [9.17, 15) is 4.79 Å². The van der Waals surface area contributed by atoms with Gasteiger partial charge < -0.3 is 25.5 Å². The third-order valence-electron chi connectivity index (χ3n) is 6.48. The number of alkyl halides is 1. The average Bonchev–Trinajstić information content (AvgIpc) is 3.30. The van der Waals surface area contributed by atoms with Crippen LogP contribution >= 0.6 is 0 Å². The highest BCUT2D eigenvalue weighted by atomic mass is 19.1. The van der Waals surface area contributed by atoms with Crippen molar-refractivity contribution in [3.63, 3.8) is 0 Å². The Morgan fingerprint density at radius 3 is 2.58 bits per heavy atom. The van der Waals surface area contributed by atoms with Crippen molar-refractivity contribution in [2.75, 3.05) is 38.0 Å². The number of nitrogens with zero attached hydrogens (tertiary/aromatic N) is 2. The summed E-state index contributed by atoms with van der Waals surface area (Å²) in [7, 11) is 3.42. The van der Waals surface area contributed by atoms with Gasteiger partial charge in [-0.1, -0.05) is 12.1 Å². The Kier molecular flexibility index (Phi) is 6.47. The minimum absolute atomic E-state index is 0.336. The van der Waals surface area contributed by atoms with Crippen molar-refractivity contribution >= 4 is 22.6 Å². The third-order valence-corrected chi connectivity index (χ3v) is 6.48. The minimum Gasteiger partial charge on any atom is -0.493 e. The minimum atomic E-state index is -1.35. The van der Waals surface area contributed by atoms with E-state index in [2.05, 4.69) is 21.0 Å². The summed E-state index contributed by atoms with van der Waals surface area (Å²) >= 11 is 0. The Bertz CT molecular complexity index is 1380. The van der Waals surface area contributed by atoms with E-state index < -0.39 is 5.67 Å². The fourth-order valence-electron chi connectivity index (χ4n) is 4.47. The number of pyridine rings is 1. The van der Waals surface area contributed by atoms with Gasteiger partial charge in [0.05, 0.1) is 12.6 Å². The van der Waals surface area contributed by atoms with Crippen molar-refractivity contribution in [3.8, 4) is 17.2 Å². The smallest absolute Gasteiger partial charge is 0.256 e. The van der Waals surface area contributed by atoms with Gasteiger partial charge in [0.25, 0.3) is 5.91 Å². The molecule has 36 heavy (non-hydrogen) atoms. The fraction of sp³-hybridized carbons (Fsp3) is 0.259. The second-order valence-corrected chi connectivity index (χ2v) is 8.70. The molecule has 8 nitrogen and oxygen atoms in total. The summed E-state index contributed by atoms with van der Waals surface area (Å²) in [6.07, 6.45) is 4.32. The first-order chi connectivity index (χ1) is 17.5. The van der Waals surface area contributed by atoms with Crippen LogP contribution in [-0.4, -0.2) is 42.8 Å². The van der Waals surface area contributed by atoms with Crippen LogP contribution in [-0.2, 0) is 5.67 Å². The molecule has 0 spiro atoms. The van der Waals surface area contributed by atoms with Crippen LogP contribution in [0.1, 0.15) is 28.8 Å². The van der Waals surface area contributed by atoms with Gasteiger partial charge in [-0.3, -0.25) is 9.47 Å². The number of hydrogen-bond acceptors (Lipinski definition) is 6. The van der Waals surface area contributed by atoms with Crippen LogP contribution in [0.2, 0.25) is 0 Å². The summed E-state index contributed by atoms with van der Waals surface area (Å²) in [5, 5.41) is 6.93. The first-order valence-electron chi connectivity index (χ1n) is 11.8. The van der Waals surface area contributed by atoms with Crippen molar-refractivity contribution in [3.05, 3.63) is 78.1 Å². The summed E-state index contributed by atoms with van der Waals surface area (Å²) < 4.78 is 28.7. The molecule has 1 aliphatic rings. The van der Waals surface area contributed by atoms with Gasteiger partial charge in [-0.25, -0.2) is 9.37 Å². The van der Waals surface area contributed by atoms with Crippen LogP contribution in [0, 0.1) is 0 Å². The lowest BCUT2D eigenvalue weighted by Gasteiger charge is -2.30. The van der Waals surface area contributed by atoms with E-state index in [0.717, 1.165) is 10.9 Å². The molecular formula is C27H28FN5O3. The van der Waals surface area contributed by atoms with Crippen LogP contribution < -0.4 is 25.5 Å². The van der Waals surface area contributed by atoms with Crippen LogP contribution in [0.5, 0.6) is 17.2 Å². The van der Waals surface area contributed by atoms with E-state index in [1.54, 1.807) is 49.7 Å². The Morgan fingerprint density at radius 2 is 1.86 bits per heavy atom. The molecule has 1 saturated heterocycles. The van der Waals surface area contributed by atoms with E-state index >= 15 is 4.39 Å². The molecule has 1 fully saturated rings. The lowest BCUT2D eigenvalue weighted by atomic mass is 9.86. The van der Waals surface area contributed by atoms with Crippen LogP contribution in [0.15, 0.2) is 67.0 Å². The topological polar surface area (TPSA) is 89.4 Å². The lowest BCUT2D eigenvalue weighted by Crippen LogP contribution is -2.36. The molecule has 0 atom stereocenters. The number of carbonyl (C=O) groups excluding carboxylic acids is 1. The predicted molar refractivity (Wildman–Crippen MR) is 137 cm³/mol. The maximum atomic E-state index is 15.2. The van der Waals surface area contributed by atoms with Gasteiger partial charge in [-0.15, -0.1) is 0 Å². The van der Waals surface area contributed by atoms with Gasteiger partial charge in [0.15, 0.2) is 11.5 Å². The van der Waals surface area contributed by atoms with E-state index in [0.29, 0.717) is 60.1 Å². The lowest BCUT2D eigenvalue weighted by molar-refractivity contribution is 0.102. The number of amides is 1. The van der Waals surface area contributed by atoms with Crippen LogP contribution in [0.4, 0.5) is 10.2 Å². The van der Waals surface area contributed by atoms with Crippen molar-refractivity contribution < 1.29 is 18.7 Å². The molecule has 3 N–H and O–H groups in total. The zero-order valence-electron chi connectivity index (χ0n) is 20.2. The molecule has 1 aliphatic heterocycles. The fourth-order valence-corrected chi connectivity index (χ4v) is 4.47. The number of hydrogen-bond donors (Lipinski definition) is 3. The van der Waals surface area contributed by atoms with Gasteiger partial charge >= 0.3 is 0 Å². The molecule has 4 aromatic rings. The van der Waals surface area contributed by atoms with Gasteiger partial charge in [-0.05, 0) is 61.8 Å². The van der Waals surface area contributed by atoms with Crippen LogP contribution in [0.3, 0.4) is 0 Å². The number of piperidine rings is 1. The van der Waals surface area contributed by atoms with E-state index in [1.165, 1.54) is 0 Å². The molecule has 0 saturated carbocycles. The van der Waals surface area contributed by atoms with Gasteiger partial charge in [0, 0.05) is 42.5 Å². The Morgan fingerprint density at radius 1 is 1.08 bits per heavy atom. The number of rotatable bonds is 7. The summed E-state index contributed by atoms with van der Waals surface area (Å²) in [5.74, 6) is 1.60. The van der Waals surface area contributed by atoms with Crippen molar-refractivity contribution in [2.24, 2.45) is 0 Å². The Balaban J connectivity index is 1.31. The average molecular weight is 490 g/mol. The summed E-state index contributed by atoms with van der Waals surface area (Å²) in [6, 6.07) is 15.8. The molecule has 9 heteroatoms. The SMILES string of the molecule is CNn1ccc2cc(Oc3ccnc(NC(=O)c4ccc(C5(F)CCNCC5)cc4)c3)c(OC)cc21. The maximum absolute atomic E-state index is 15.2. The highest BCUT2D eigenvalue weighted by Crippen LogP contribution is 2.37. The zero-order valence-corrected chi connectivity index (χ0v) is 20.2. The standard InChI is InChI=1S/C27H28FN5O3/c1-29-33-14-8-19-15-24(23(35-2)17-22(19)33)36-21-7-11-31-25(16-21)32-26(34)18-3-5-20(6-4-18)27(28)9-12-30-13-10-27/h3-8,11,14-17,29-30H,9-10,12-13H2,1-2H3,(H,31,32,34). The number of fused-ring (bicyclic) bond motifs is 1. The number of carbonyl (C=O) groups is 1. The molecule has 5 rings (SSSR count). The zero-order chi connectivity index (χ0) is 25.1. The van der Waals surface area contributed by atoms with E-state index in [-0.39, 0.29) is 5.91 Å². The summed E-state index contributed by atoms with van der Waals surface area (Å²) in [6.45, 7) is 1.29. The number of methoxy groups -OCH3 is 1. The molecule has 0 radical (unpaired) electrons. The molecule has 0 bridgehead atoms. The molecule has 1 amide bonds. The quantitative estimate of drug-likeness (QED) is 0.345. The van der Waals surface area contributed by atoms with Crippen molar-refractivity contribution in [1.82, 2.24) is 15.0 Å². The van der Waals surface area contributed by atoms with E-state index in [4.69, 9.17) is 9.47 Å². The highest BCUT2D eigenvalue weighted by Gasteiger charge is 2.33. The maximum Gasteiger partial charge on any atom is 0.256 e. The van der Waals surface area contributed by atoms with Gasteiger partial charge in [0.2, 0.25) is 0 Å². The Labute approximate surface area is 208 Å². The molecule has 0 aliphatic carbocycles. The van der Waals surface area contributed by atoms with Gasteiger partial charge in [-0.2, -0.15) is 0 Å². The van der Waals surface area contributed by atoms with Gasteiger partial charge in [0.1, 0.15) is 17.2 Å². The summed E-state index contributed by atoms with van der Waals surface area (Å²) in [5.41, 5.74) is 3.70. The number of aromatic nitrogens is 2. The first kappa shape index (κ1) is 23.6. The van der Waals surface area contributed by atoms with Crippen LogP contribution in [0.25, 0.3) is 10.9 Å². The molecule has 2 aromatic heterocycles. The van der Waals surface area contributed by atoms with Crippen molar-refractivity contribution in [2.45, 2.75) is 18.5 Å². The molecule has 0 unspecified atom stereocenters. The normalized spacial score (nSPS) is 14.9. The van der Waals surface area contributed by atoms with Crippen molar-refractivity contribution in [1.29, 1.82) is 0 Å². The number of benzene rings is 2. The molecular weight excluding hydrogens is 461 g/mol. The Hall–Kier alpha value is -4.11. The largest absolute Gasteiger partial charge is 0.493 e. The second-order valence-electron chi connectivity index (χ2n) is 8.70.